The van der Waals surface area contributed by atoms with Gasteiger partial charge in [0.05, 0.1) is 18.2 Å². The molecule has 0 N–H and O–H groups in total. The minimum atomic E-state index is -3.84. The third-order valence-electron chi connectivity index (χ3n) is 4.12. The van der Waals surface area contributed by atoms with Gasteiger partial charge < -0.3 is 14.4 Å². The van der Waals surface area contributed by atoms with Gasteiger partial charge in [0, 0.05) is 46.5 Å². The highest BCUT2D eigenvalue weighted by atomic mass is 35.5. The van der Waals surface area contributed by atoms with E-state index in [0.29, 0.717) is 18.7 Å². The molecule has 1 heterocycles. The predicted octanol–water partition coefficient (Wildman–Crippen LogP) is 1.53. The fourth-order valence-electron chi connectivity index (χ4n) is 2.79. The SMILES string of the molecule is COCCN(CCOC)S(=O)(=O)c1cc2c(cc1Cl)CCN2C(C)=O. The van der Waals surface area contributed by atoms with E-state index in [9.17, 15) is 13.2 Å². The van der Waals surface area contributed by atoms with Gasteiger partial charge in [0.15, 0.2) is 0 Å². The molecule has 0 aliphatic carbocycles. The fraction of sp³-hybridized carbons (Fsp3) is 0.562. The van der Waals surface area contributed by atoms with Crippen LogP contribution in [0.25, 0.3) is 0 Å². The lowest BCUT2D eigenvalue weighted by Crippen LogP contribution is -2.36. The Morgan fingerprint density at radius 2 is 1.84 bits per heavy atom. The average molecular weight is 391 g/mol. The lowest BCUT2D eigenvalue weighted by atomic mass is 10.2. The number of methoxy groups -OCH3 is 2. The number of rotatable bonds is 8. The first-order valence-corrected chi connectivity index (χ1v) is 9.73. The number of anilines is 1. The van der Waals surface area contributed by atoms with Gasteiger partial charge in [-0.3, -0.25) is 4.79 Å². The summed E-state index contributed by atoms with van der Waals surface area (Å²) in [6.07, 6.45) is 0.659. The number of carbonyl (C=O) groups is 1. The summed E-state index contributed by atoms with van der Waals surface area (Å²) < 4.78 is 37.4. The van der Waals surface area contributed by atoms with Gasteiger partial charge in [-0.15, -0.1) is 0 Å². The van der Waals surface area contributed by atoms with Crippen LogP contribution in [0.15, 0.2) is 17.0 Å². The lowest BCUT2D eigenvalue weighted by molar-refractivity contribution is -0.116. The third-order valence-corrected chi connectivity index (χ3v) is 6.48. The van der Waals surface area contributed by atoms with Crippen molar-refractivity contribution in [2.24, 2.45) is 0 Å². The first kappa shape index (κ1) is 20.1. The van der Waals surface area contributed by atoms with E-state index < -0.39 is 10.0 Å². The lowest BCUT2D eigenvalue weighted by Gasteiger charge is -2.23. The van der Waals surface area contributed by atoms with Crippen LogP contribution in [-0.2, 0) is 30.7 Å². The van der Waals surface area contributed by atoms with Gasteiger partial charge in [0.2, 0.25) is 15.9 Å². The Labute approximate surface area is 153 Å². The quantitative estimate of drug-likeness (QED) is 0.672. The molecule has 0 atom stereocenters. The maximum Gasteiger partial charge on any atom is 0.244 e. The summed E-state index contributed by atoms with van der Waals surface area (Å²) in [6.45, 7) is 2.87. The van der Waals surface area contributed by atoms with Crippen molar-refractivity contribution in [1.29, 1.82) is 0 Å². The zero-order chi connectivity index (χ0) is 18.6. The van der Waals surface area contributed by atoms with Gasteiger partial charge in [-0.25, -0.2) is 8.42 Å². The molecule has 9 heteroatoms. The van der Waals surface area contributed by atoms with E-state index in [4.69, 9.17) is 21.1 Å². The van der Waals surface area contributed by atoms with Gasteiger partial charge in [0.1, 0.15) is 4.90 Å². The molecule has 1 amide bonds. The van der Waals surface area contributed by atoms with E-state index >= 15 is 0 Å². The smallest absolute Gasteiger partial charge is 0.244 e. The zero-order valence-electron chi connectivity index (χ0n) is 14.6. The molecule has 1 aromatic carbocycles. The van der Waals surface area contributed by atoms with Crippen LogP contribution in [0.5, 0.6) is 0 Å². The van der Waals surface area contributed by atoms with E-state index in [2.05, 4.69) is 0 Å². The molecular weight excluding hydrogens is 368 g/mol. The fourth-order valence-corrected chi connectivity index (χ4v) is 4.74. The number of halogens is 1. The predicted molar refractivity (Wildman–Crippen MR) is 95.7 cm³/mol. The van der Waals surface area contributed by atoms with Crippen LogP contribution in [0.4, 0.5) is 5.69 Å². The Bertz CT molecular complexity index is 730. The molecule has 0 fully saturated rings. The Morgan fingerprint density at radius 3 is 2.36 bits per heavy atom. The molecule has 2 rings (SSSR count). The van der Waals surface area contributed by atoms with Gasteiger partial charge in [-0.1, -0.05) is 11.6 Å². The van der Waals surface area contributed by atoms with Crippen molar-refractivity contribution < 1.29 is 22.7 Å². The molecule has 0 bridgehead atoms. The summed E-state index contributed by atoms with van der Waals surface area (Å²) in [4.78, 5) is 13.3. The second-order valence-corrected chi connectivity index (χ2v) is 8.04. The molecule has 0 aromatic heterocycles. The number of nitrogens with zero attached hydrogens (tertiary/aromatic N) is 2. The molecular formula is C16H23ClN2O5S. The summed E-state index contributed by atoms with van der Waals surface area (Å²) in [5.41, 5.74) is 1.48. The molecule has 0 saturated heterocycles. The van der Waals surface area contributed by atoms with Crippen LogP contribution in [0.3, 0.4) is 0 Å². The number of hydrogen-bond donors (Lipinski definition) is 0. The molecule has 1 aromatic rings. The number of amides is 1. The molecule has 140 valence electrons. The maximum atomic E-state index is 13.1. The second-order valence-electron chi connectivity index (χ2n) is 5.72. The number of sulfonamides is 1. The summed E-state index contributed by atoms with van der Waals surface area (Å²) in [6, 6.07) is 3.13. The molecule has 0 radical (unpaired) electrons. The van der Waals surface area contributed by atoms with Gasteiger partial charge >= 0.3 is 0 Å². The number of benzene rings is 1. The van der Waals surface area contributed by atoms with Crippen molar-refractivity contribution in [1.82, 2.24) is 4.31 Å². The highest BCUT2D eigenvalue weighted by molar-refractivity contribution is 7.89. The van der Waals surface area contributed by atoms with Crippen LogP contribution in [-0.4, -0.2) is 65.7 Å². The number of hydrogen-bond acceptors (Lipinski definition) is 5. The number of ether oxygens (including phenoxy) is 2. The highest BCUT2D eigenvalue weighted by Crippen LogP contribution is 2.36. The van der Waals surface area contributed by atoms with Crippen LogP contribution in [0.1, 0.15) is 12.5 Å². The van der Waals surface area contributed by atoms with Crippen molar-refractivity contribution in [3.05, 3.63) is 22.7 Å². The molecule has 0 saturated carbocycles. The van der Waals surface area contributed by atoms with Crippen molar-refractivity contribution in [2.45, 2.75) is 18.2 Å². The Balaban J connectivity index is 2.43. The third kappa shape index (κ3) is 4.32. The van der Waals surface area contributed by atoms with Crippen molar-refractivity contribution in [3.63, 3.8) is 0 Å². The van der Waals surface area contributed by atoms with Crippen molar-refractivity contribution in [3.8, 4) is 0 Å². The molecule has 0 unspecified atom stereocenters. The highest BCUT2D eigenvalue weighted by Gasteiger charge is 2.31. The molecule has 1 aliphatic heterocycles. The standard InChI is InChI=1S/C16H23ClN2O5S/c1-12(20)19-5-4-13-10-14(17)16(11-15(13)19)25(21,22)18(6-8-23-2)7-9-24-3/h10-11H,4-9H2,1-3H3. The largest absolute Gasteiger partial charge is 0.383 e. The van der Waals surface area contributed by atoms with E-state index in [1.54, 1.807) is 11.0 Å². The zero-order valence-corrected chi connectivity index (χ0v) is 16.2. The topological polar surface area (TPSA) is 76.2 Å². The van der Waals surface area contributed by atoms with Crippen molar-refractivity contribution in [2.75, 3.05) is 52.0 Å². The molecule has 7 nitrogen and oxygen atoms in total. The van der Waals surface area contributed by atoms with Crippen LogP contribution >= 0.6 is 11.6 Å². The van der Waals surface area contributed by atoms with Crippen LogP contribution < -0.4 is 4.90 Å². The van der Waals surface area contributed by atoms with E-state index in [0.717, 1.165) is 5.56 Å². The van der Waals surface area contributed by atoms with Crippen molar-refractivity contribution >= 4 is 33.2 Å². The van der Waals surface area contributed by atoms with E-state index in [1.165, 1.54) is 31.5 Å². The summed E-state index contributed by atoms with van der Waals surface area (Å²) in [5, 5.41) is 0.156. The summed E-state index contributed by atoms with van der Waals surface area (Å²) in [7, 11) is -0.827. The minimum Gasteiger partial charge on any atom is -0.383 e. The average Bonchev–Trinajstić information content (AvgIpc) is 2.96. The van der Waals surface area contributed by atoms with E-state index in [1.807, 2.05) is 0 Å². The van der Waals surface area contributed by atoms with Gasteiger partial charge in [-0.2, -0.15) is 4.31 Å². The maximum absolute atomic E-state index is 13.1. The molecule has 25 heavy (non-hydrogen) atoms. The Hall–Kier alpha value is -1.19. The first-order chi connectivity index (χ1) is 11.8. The molecule has 1 aliphatic rings. The molecule has 0 spiro atoms. The summed E-state index contributed by atoms with van der Waals surface area (Å²) in [5.74, 6) is -0.125. The monoisotopic (exact) mass is 390 g/mol. The van der Waals surface area contributed by atoms with Gasteiger partial charge in [0.25, 0.3) is 0 Å². The normalized spacial score (nSPS) is 14.2. The Kier molecular flexibility index (Phi) is 6.81. The number of carbonyl (C=O) groups excluding carboxylic acids is 1. The van der Waals surface area contributed by atoms with E-state index in [-0.39, 0.29) is 42.1 Å². The van der Waals surface area contributed by atoms with Crippen LogP contribution in [0, 0.1) is 0 Å². The second kappa shape index (κ2) is 8.46. The summed E-state index contributed by atoms with van der Waals surface area (Å²) >= 11 is 6.26. The first-order valence-electron chi connectivity index (χ1n) is 7.91. The Morgan fingerprint density at radius 1 is 1.24 bits per heavy atom. The minimum absolute atomic E-state index is 0.00623. The van der Waals surface area contributed by atoms with Gasteiger partial charge in [-0.05, 0) is 24.1 Å². The van der Waals surface area contributed by atoms with Crippen LogP contribution in [0.2, 0.25) is 5.02 Å². The number of fused-ring (bicyclic) bond motifs is 1.